The molecule has 15 heavy (non-hydrogen) atoms. The molecule has 0 saturated carbocycles. The zero-order valence-electron chi connectivity index (χ0n) is 7.26. The van der Waals surface area contributed by atoms with Gasteiger partial charge in [0.2, 0.25) is 0 Å². The number of fused-ring (bicyclic) bond motifs is 3. The van der Waals surface area contributed by atoms with Crippen molar-refractivity contribution in [1.82, 2.24) is 0 Å². The Balaban J connectivity index is 2.47. The van der Waals surface area contributed by atoms with Gasteiger partial charge in [-0.15, -0.1) is 0 Å². The number of hydrogen-bond acceptors (Lipinski definition) is 8. The minimum Gasteiger partial charge on any atom is -0.377 e. The summed E-state index contributed by atoms with van der Waals surface area (Å²) in [7, 11) is 0. The van der Waals surface area contributed by atoms with Crippen molar-refractivity contribution in [1.29, 1.82) is 0 Å². The molecule has 0 radical (unpaired) electrons. The normalized spacial score (nSPS) is 40.0. The molecule has 0 aromatic heterocycles. The summed E-state index contributed by atoms with van der Waals surface area (Å²) in [5.74, 6) is -3.57. The predicted molar refractivity (Wildman–Crippen MR) is 37.4 cm³/mol. The summed E-state index contributed by atoms with van der Waals surface area (Å²) in [6.45, 7) is 0. The Labute approximate surface area is 82.3 Å². The highest BCUT2D eigenvalue weighted by Gasteiger charge is 2.58. The maximum absolute atomic E-state index is 11.2. The van der Waals surface area contributed by atoms with Crippen molar-refractivity contribution in [3.63, 3.8) is 0 Å². The highest BCUT2D eigenvalue weighted by atomic mass is 17.0. The van der Waals surface area contributed by atoms with E-state index in [0.29, 0.717) is 0 Å². The molecule has 2 fully saturated rings. The lowest BCUT2D eigenvalue weighted by molar-refractivity contribution is -0.429. The first kappa shape index (κ1) is 9.87. The van der Waals surface area contributed by atoms with Gasteiger partial charge in [-0.25, -0.2) is 4.79 Å². The third-order valence-electron chi connectivity index (χ3n) is 1.96. The molecule has 8 nitrogen and oxygen atoms in total. The molecule has 0 aliphatic carbocycles. The number of esters is 3. The van der Waals surface area contributed by atoms with Crippen LogP contribution in [0, 0.1) is 0 Å². The van der Waals surface area contributed by atoms with Gasteiger partial charge in [-0.1, -0.05) is 0 Å². The summed E-state index contributed by atoms with van der Waals surface area (Å²) < 4.78 is 12.4. The second-order valence-electron chi connectivity index (χ2n) is 3.25. The van der Waals surface area contributed by atoms with Crippen molar-refractivity contribution in [2.75, 3.05) is 0 Å². The molecule has 2 saturated heterocycles. The van der Waals surface area contributed by atoms with Gasteiger partial charge in [0.05, 0.1) is 12.8 Å². The first-order valence-electron chi connectivity index (χ1n) is 3.95. The van der Waals surface area contributed by atoms with Gasteiger partial charge >= 0.3 is 24.1 Å². The van der Waals surface area contributed by atoms with E-state index < -0.39 is 42.5 Å². The third-order valence-corrected chi connectivity index (χ3v) is 1.96. The lowest BCUT2D eigenvalue weighted by Gasteiger charge is -2.21. The summed E-state index contributed by atoms with van der Waals surface area (Å²) >= 11 is 0. The van der Waals surface area contributed by atoms with Crippen LogP contribution in [0.1, 0.15) is 12.8 Å². The summed E-state index contributed by atoms with van der Waals surface area (Å²) in [6, 6.07) is 0. The van der Waals surface area contributed by atoms with E-state index in [1.54, 1.807) is 0 Å². The van der Waals surface area contributed by atoms with Crippen LogP contribution in [0.15, 0.2) is 0 Å². The summed E-state index contributed by atoms with van der Waals surface area (Å²) in [5, 5.41) is 18.9. The van der Waals surface area contributed by atoms with Crippen molar-refractivity contribution < 1.29 is 38.8 Å². The van der Waals surface area contributed by atoms with Gasteiger partial charge in [0.15, 0.2) is 5.60 Å². The second kappa shape index (κ2) is 2.67. The van der Waals surface area contributed by atoms with Gasteiger partial charge in [-0.2, -0.15) is 0 Å². The van der Waals surface area contributed by atoms with Crippen LogP contribution in [0.3, 0.4) is 0 Å². The van der Waals surface area contributed by atoms with Gasteiger partial charge in [-0.3, -0.25) is 14.7 Å². The molecular formula is C7H6O8. The fraction of sp³-hybridized carbons (Fsp3) is 0.571. The zero-order valence-corrected chi connectivity index (χ0v) is 7.26. The van der Waals surface area contributed by atoms with E-state index in [4.69, 9.17) is 0 Å². The van der Waals surface area contributed by atoms with Crippen LogP contribution in [0.4, 0.5) is 0 Å². The Hall–Kier alpha value is -1.67. The standard InChI is InChI=1S/C7H6O8/c8-3-1-6(11)2-4(9)14-7(12,13-3)15-5(6)10/h11-12H,1-2H2. The first-order chi connectivity index (χ1) is 6.83. The average molecular weight is 218 g/mol. The molecule has 2 aliphatic rings. The number of hydrogen-bond donors (Lipinski definition) is 2. The van der Waals surface area contributed by atoms with E-state index >= 15 is 0 Å². The molecule has 2 N–H and O–H groups in total. The SMILES string of the molecule is O=C1CC2(O)CC(=O)OC(O)(O1)OC2=O. The number of ether oxygens (including phenoxy) is 3. The van der Waals surface area contributed by atoms with E-state index in [2.05, 4.69) is 14.2 Å². The van der Waals surface area contributed by atoms with Gasteiger partial charge in [-0.05, 0) is 0 Å². The fourth-order valence-electron chi connectivity index (χ4n) is 1.32. The number of aliphatic hydroxyl groups is 2. The van der Waals surface area contributed by atoms with E-state index in [1.165, 1.54) is 0 Å². The van der Waals surface area contributed by atoms with Gasteiger partial charge in [0.1, 0.15) is 0 Å². The van der Waals surface area contributed by atoms with Crippen LogP contribution in [0.25, 0.3) is 0 Å². The fourth-order valence-corrected chi connectivity index (χ4v) is 1.32. The molecule has 0 unspecified atom stereocenters. The Morgan fingerprint density at radius 1 is 0.933 bits per heavy atom. The van der Waals surface area contributed by atoms with Crippen molar-refractivity contribution in [2.45, 2.75) is 24.6 Å². The molecule has 82 valence electrons. The molecule has 2 rings (SSSR count). The molecule has 8 heteroatoms. The minimum atomic E-state index is -3.06. The van der Waals surface area contributed by atoms with Gasteiger partial charge in [0.25, 0.3) is 0 Å². The number of rotatable bonds is 0. The van der Waals surface area contributed by atoms with Crippen LogP contribution in [-0.4, -0.2) is 39.9 Å². The first-order valence-corrected chi connectivity index (χ1v) is 3.95. The van der Waals surface area contributed by atoms with Crippen LogP contribution in [0.2, 0.25) is 0 Å². The maximum Gasteiger partial charge on any atom is 0.563 e. The van der Waals surface area contributed by atoms with Crippen LogP contribution >= 0.6 is 0 Å². The molecule has 0 atom stereocenters. The zero-order chi connectivity index (χ0) is 11.3. The largest absolute Gasteiger partial charge is 0.563 e. The minimum absolute atomic E-state index is 0.775. The average Bonchev–Trinajstić information content (AvgIpc) is 2.09. The van der Waals surface area contributed by atoms with Crippen LogP contribution in [-0.2, 0) is 28.6 Å². The summed E-state index contributed by atoms with van der Waals surface area (Å²) in [4.78, 5) is 33.2. The van der Waals surface area contributed by atoms with Gasteiger partial charge in [0, 0.05) is 0 Å². The molecule has 2 bridgehead atoms. The van der Waals surface area contributed by atoms with Crippen LogP contribution < -0.4 is 0 Å². The molecular weight excluding hydrogens is 212 g/mol. The predicted octanol–water partition coefficient (Wildman–Crippen LogP) is -2.24. The molecule has 0 amide bonds. The third kappa shape index (κ3) is 1.53. The van der Waals surface area contributed by atoms with Crippen molar-refractivity contribution >= 4 is 17.9 Å². The van der Waals surface area contributed by atoms with Crippen molar-refractivity contribution in [3.05, 3.63) is 0 Å². The Morgan fingerprint density at radius 2 is 1.40 bits per heavy atom. The molecule has 2 aliphatic heterocycles. The Bertz CT molecular complexity index is 338. The molecule has 2 heterocycles. The van der Waals surface area contributed by atoms with Crippen molar-refractivity contribution in [2.24, 2.45) is 0 Å². The highest BCUT2D eigenvalue weighted by Crippen LogP contribution is 2.32. The Kier molecular flexibility index (Phi) is 1.76. The smallest absolute Gasteiger partial charge is 0.377 e. The lowest BCUT2D eigenvalue weighted by atomic mass is 9.96. The Morgan fingerprint density at radius 3 is 1.87 bits per heavy atom. The molecule has 0 aromatic rings. The van der Waals surface area contributed by atoms with E-state index in [0.717, 1.165) is 0 Å². The lowest BCUT2D eigenvalue weighted by Crippen LogP contribution is -2.42. The summed E-state index contributed by atoms with van der Waals surface area (Å²) in [5.41, 5.74) is -2.34. The van der Waals surface area contributed by atoms with Gasteiger partial charge < -0.3 is 19.3 Å². The quantitative estimate of drug-likeness (QED) is 0.438. The highest BCUT2D eigenvalue weighted by molar-refractivity contribution is 5.92. The van der Waals surface area contributed by atoms with Crippen LogP contribution in [0.5, 0.6) is 0 Å². The molecule has 0 spiro atoms. The second-order valence-corrected chi connectivity index (χ2v) is 3.25. The maximum atomic E-state index is 11.2. The summed E-state index contributed by atoms with van der Waals surface area (Å²) in [6.07, 6.45) is -4.61. The molecule has 0 aromatic carbocycles. The van der Waals surface area contributed by atoms with E-state index in [1.807, 2.05) is 0 Å². The number of carbonyl (C=O) groups is 3. The van der Waals surface area contributed by atoms with E-state index in [9.17, 15) is 24.6 Å². The number of carbonyl (C=O) groups excluding carboxylic acids is 3. The van der Waals surface area contributed by atoms with Crippen molar-refractivity contribution in [3.8, 4) is 0 Å². The topological polar surface area (TPSA) is 119 Å². The van der Waals surface area contributed by atoms with E-state index in [-0.39, 0.29) is 0 Å². The monoisotopic (exact) mass is 218 g/mol.